The minimum absolute atomic E-state index is 0.0921. The number of aromatic nitrogens is 3. The third-order valence-corrected chi connectivity index (χ3v) is 9.82. The number of thioether (sulfide) groups is 1. The molecule has 11 heteroatoms. The summed E-state index contributed by atoms with van der Waals surface area (Å²) < 4.78 is 29.3. The number of thiophene rings is 1. The van der Waals surface area contributed by atoms with E-state index in [1.807, 2.05) is 60.5 Å². The minimum Gasteiger partial charge on any atom is -0.331 e. The third-order valence-electron chi connectivity index (χ3n) is 5.62. The van der Waals surface area contributed by atoms with E-state index < -0.39 is 10.0 Å². The molecule has 4 aromatic rings. The zero-order chi connectivity index (χ0) is 24.0. The maximum atomic E-state index is 12.9. The summed E-state index contributed by atoms with van der Waals surface area (Å²) in [5.41, 5.74) is 4.13. The predicted octanol–water partition coefficient (Wildman–Crippen LogP) is 4.33. The van der Waals surface area contributed by atoms with Crippen molar-refractivity contribution >= 4 is 50.2 Å². The maximum Gasteiger partial charge on any atom is 0.248 e. The molecule has 5 rings (SSSR count). The van der Waals surface area contributed by atoms with Crippen LogP contribution in [-0.2, 0) is 10.0 Å². The molecule has 0 saturated carbocycles. The number of nitrogens with zero attached hydrogens (tertiary/aromatic N) is 4. The Morgan fingerprint density at radius 3 is 2.74 bits per heavy atom. The lowest BCUT2D eigenvalue weighted by molar-refractivity contribution is 0.104. The Hall–Kier alpha value is -2.99. The molecular weight excluding hydrogens is 490 g/mol. The van der Waals surface area contributed by atoms with Crippen molar-refractivity contribution in [1.82, 2.24) is 19.3 Å². The fourth-order valence-corrected chi connectivity index (χ4v) is 7.53. The predicted molar refractivity (Wildman–Crippen MR) is 136 cm³/mol. The van der Waals surface area contributed by atoms with Crippen LogP contribution in [0.2, 0.25) is 0 Å². The number of fused-ring (bicyclic) bond motifs is 1. The first-order chi connectivity index (χ1) is 16.3. The number of hydrogen-bond acceptors (Lipinski definition) is 8. The number of ketones is 1. The highest BCUT2D eigenvalue weighted by Gasteiger charge is 2.34. The highest BCUT2D eigenvalue weighted by atomic mass is 32.3. The van der Waals surface area contributed by atoms with Gasteiger partial charge in [-0.3, -0.25) is 4.79 Å². The number of benzene rings is 1. The summed E-state index contributed by atoms with van der Waals surface area (Å²) in [5.74, 6) is -0.106. The smallest absolute Gasteiger partial charge is 0.248 e. The molecule has 0 spiro atoms. The molecule has 4 heterocycles. The molecule has 0 aliphatic carbocycles. The molecule has 174 valence electrons. The summed E-state index contributed by atoms with van der Waals surface area (Å²) in [5, 5.41) is 6.24. The lowest BCUT2D eigenvalue weighted by Crippen LogP contribution is -2.24. The average Bonchev–Trinajstić information content (AvgIpc) is 3.58. The van der Waals surface area contributed by atoms with Crippen LogP contribution in [0, 0.1) is 0 Å². The summed E-state index contributed by atoms with van der Waals surface area (Å²) >= 11 is 2.69. The van der Waals surface area contributed by atoms with E-state index in [9.17, 15) is 13.2 Å². The minimum atomic E-state index is -3.54. The van der Waals surface area contributed by atoms with E-state index in [2.05, 4.69) is 14.8 Å². The molecule has 0 radical (unpaired) electrons. The lowest BCUT2D eigenvalue weighted by atomic mass is 10.1. The molecule has 0 amide bonds. The number of anilines is 1. The zero-order valence-electron chi connectivity index (χ0n) is 18.6. The quantitative estimate of drug-likeness (QED) is 0.385. The van der Waals surface area contributed by atoms with Crippen LogP contribution in [-0.4, -0.2) is 41.2 Å². The van der Waals surface area contributed by atoms with Gasteiger partial charge in [0.05, 0.1) is 27.7 Å². The van der Waals surface area contributed by atoms with Gasteiger partial charge in [0.2, 0.25) is 15.8 Å². The first-order valence-corrected chi connectivity index (χ1v) is 13.7. The maximum absolute atomic E-state index is 12.9. The van der Waals surface area contributed by atoms with Gasteiger partial charge in [-0.05, 0) is 50.5 Å². The highest BCUT2D eigenvalue weighted by molar-refractivity contribution is 8.18. The van der Waals surface area contributed by atoms with Gasteiger partial charge in [-0.25, -0.2) is 22.6 Å². The third kappa shape index (κ3) is 3.74. The number of hydrogen-bond donors (Lipinski definition) is 1. The van der Waals surface area contributed by atoms with Crippen LogP contribution in [0.1, 0.15) is 29.1 Å². The van der Waals surface area contributed by atoms with Crippen molar-refractivity contribution in [3.05, 3.63) is 80.6 Å². The molecule has 0 saturated heterocycles. The van der Waals surface area contributed by atoms with Crippen molar-refractivity contribution in [2.24, 2.45) is 0 Å². The van der Waals surface area contributed by atoms with Crippen molar-refractivity contribution in [3.8, 4) is 11.3 Å². The average molecular weight is 512 g/mol. The fourth-order valence-electron chi connectivity index (χ4n) is 4.04. The largest absolute Gasteiger partial charge is 0.331 e. The molecule has 1 aromatic carbocycles. The van der Waals surface area contributed by atoms with Crippen LogP contribution in [0.5, 0.6) is 0 Å². The number of rotatable bonds is 6. The monoisotopic (exact) mass is 511 g/mol. The SMILES string of the molecule is CNS(=O)(=O)C1=C(C)N(c2cccc(-c3ccnc4c(C(=O)c5cccs5)cnn34)c2)C(C)S1. The van der Waals surface area contributed by atoms with E-state index in [4.69, 9.17) is 0 Å². The Morgan fingerprint density at radius 1 is 1.18 bits per heavy atom. The molecular formula is C23H21N5O3S3. The Balaban J connectivity index is 1.57. The van der Waals surface area contributed by atoms with Crippen LogP contribution in [0.25, 0.3) is 16.9 Å². The van der Waals surface area contributed by atoms with Crippen LogP contribution in [0.4, 0.5) is 5.69 Å². The first-order valence-electron chi connectivity index (χ1n) is 10.4. The molecule has 1 atom stereocenters. The first kappa shape index (κ1) is 22.8. The molecule has 1 aliphatic rings. The molecule has 1 aliphatic heterocycles. The van der Waals surface area contributed by atoms with Crippen LogP contribution < -0.4 is 9.62 Å². The molecule has 34 heavy (non-hydrogen) atoms. The summed E-state index contributed by atoms with van der Waals surface area (Å²) in [4.78, 5) is 20.0. The second-order valence-electron chi connectivity index (χ2n) is 7.65. The number of carbonyl (C=O) groups excluding carboxylic acids is 1. The molecule has 3 aromatic heterocycles. The number of sulfonamides is 1. The van der Waals surface area contributed by atoms with Crippen LogP contribution >= 0.6 is 23.1 Å². The van der Waals surface area contributed by atoms with Crippen molar-refractivity contribution in [3.63, 3.8) is 0 Å². The Labute approximate surface area is 205 Å². The summed E-state index contributed by atoms with van der Waals surface area (Å²) in [6.45, 7) is 3.79. The standard InChI is InChI=1S/C23H21N5O3S3/c1-14-23(34(30,31)24-3)33-15(2)27(14)17-7-4-6-16(12-17)19-9-10-25-22-18(13-26-28(19)22)21(29)20-8-5-11-32-20/h4-13,15,24H,1-3H3. The van der Waals surface area contributed by atoms with Gasteiger partial charge in [-0.15, -0.1) is 11.3 Å². The summed E-state index contributed by atoms with van der Waals surface area (Å²) in [6, 6.07) is 13.3. The van der Waals surface area contributed by atoms with Crippen molar-refractivity contribution in [2.45, 2.75) is 19.2 Å². The molecule has 1 unspecified atom stereocenters. The van der Waals surface area contributed by atoms with E-state index in [0.29, 0.717) is 26.0 Å². The molecule has 8 nitrogen and oxygen atoms in total. The Kier molecular flexibility index (Phi) is 5.80. The van der Waals surface area contributed by atoms with Gasteiger partial charge in [-0.1, -0.05) is 30.0 Å². The normalized spacial score (nSPS) is 16.6. The van der Waals surface area contributed by atoms with Gasteiger partial charge >= 0.3 is 0 Å². The van der Waals surface area contributed by atoms with E-state index in [-0.39, 0.29) is 11.2 Å². The van der Waals surface area contributed by atoms with Gasteiger partial charge in [-0.2, -0.15) is 5.10 Å². The highest BCUT2D eigenvalue weighted by Crippen LogP contribution is 2.43. The van der Waals surface area contributed by atoms with Crippen LogP contribution in [0.15, 0.2) is 70.2 Å². The van der Waals surface area contributed by atoms with Gasteiger partial charge < -0.3 is 4.90 Å². The van der Waals surface area contributed by atoms with Gasteiger partial charge in [0.15, 0.2) is 5.65 Å². The summed E-state index contributed by atoms with van der Waals surface area (Å²) in [7, 11) is -2.12. The van der Waals surface area contributed by atoms with Crippen LogP contribution in [0.3, 0.4) is 0 Å². The Morgan fingerprint density at radius 2 is 2.00 bits per heavy atom. The Bertz CT molecular complexity index is 1540. The second kappa shape index (κ2) is 8.66. The topological polar surface area (TPSA) is 96.7 Å². The van der Waals surface area contributed by atoms with Gasteiger partial charge in [0.25, 0.3) is 0 Å². The van der Waals surface area contributed by atoms with E-state index in [1.165, 1.54) is 30.1 Å². The molecule has 0 bridgehead atoms. The lowest BCUT2D eigenvalue weighted by Gasteiger charge is -2.25. The van der Waals surface area contributed by atoms with Gasteiger partial charge in [0.1, 0.15) is 4.24 Å². The van der Waals surface area contributed by atoms with Crippen molar-refractivity contribution in [1.29, 1.82) is 0 Å². The fraction of sp³-hybridized carbons (Fsp3) is 0.174. The second-order valence-corrected chi connectivity index (χ2v) is 12.0. The molecule has 0 fully saturated rings. The molecule has 1 N–H and O–H groups in total. The van der Waals surface area contributed by atoms with E-state index in [0.717, 1.165) is 16.9 Å². The van der Waals surface area contributed by atoms with Crippen molar-refractivity contribution < 1.29 is 13.2 Å². The zero-order valence-corrected chi connectivity index (χ0v) is 21.0. The van der Waals surface area contributed by atoms with E-state index in [1.54, 1.807) is 23.0 Å². The number of carbonyl (C=O) groups is 1. The summed E-state index contributed by atoms with van der Waals surface area (Å²) in [6.07, 6.45) is 3.22. The number of allylic oxidation sites excluding steroid dienone is 1. The van der Waals surface area contributed by atoms with Crippen molar-refractivity contribution in [2.75, 3.05) is 11.9 Å². The number of nitrogens with one attached hydrogen (secondary N) is 1. The van der Waals surface area contributed by atoms with E-state index >= 15 is 0 Å². The van der Waals surface area contributed by atoms with Gasteiger partial charge in [0, 0.05) is 23.1 Å².